The molecule has 0 amide bonds. The second kappa shape index (κ2) is 4.28. The molecule has 2 aromatic rings. The molecule has 0 fully saturated rings. The average molecular weight is 249 g/mol. The molecule has 0 aliphatic rings. The summed E-state index contributed by atoms with van der Waals surface area (Å²) in [7, 11) is 0. The van der Waals surface area contributed by atoms with Crippen LogP contribution in [0.15, 0.2) is 18.2 Å². The van der Waals surface area contributed by atoms with Gasteiger partial charge >= 0.3 is 0 Å². The first-order valence-corrected chi connectivity index (χ1v) is 5.43. The largest absolute Gasteiger partial charge is 0.356 e. The first-order valence-electron chi connectivity index (χ1n) is 4.23. The molecular formula is C9H7ClF2N2S. The van der Waals surface area contributed by atoms with Crippen LogP contribution in [0, 0.1) is 0 Å². The van der Waals surface area contributed by atoms with Gasteiger partial charge in [-0.15, -0.1) is 0 Å². The van der Waals surface area contributed by atoms with Gasteiger partial charge in [0.2, 0.25) is 0 Å². The first kappa shape index (κ1) is 10.6. The molecule has 1 heterocycles. The molecule has 2 nitrogen and oxygen atoms in total. The third-order valence-electron chi connectivity index (χ3n) is 1.76. The second-order valence-electron chi connectivity index (χ2n) is 2.90. The number of thiazole rings is 1. The smallest absolute Gasteiger partial charge is 0.255 e. The third kappa shape index (κ3) is 2.54. The summed E-state index contributed by atoms with van der Waals surface area (Å²) < 4.78 is 24.8. The number of aromatic nitrogens is 1. The van der Waals surface area contributed by atoms with E-state index in [4.69, 9.17) is 11.6 Å². The van der Waals surface area contributed by atoms with Gasteiger partial charge in [-0.05, 0) is 18.2 Å². The number of nitrogens with zero attached hydrogens (tertiary/aromatic N) is 1. The van der Waals surface area contributed by atoms with Crippen LogP contribution in [-0.4, -0.2) is 18.0 Å². The van der Waals surface area contributed by atoms with Crippen LogP contribution in [-0.2, 0) is 0 Å². The van der Waals surface area contributed by atoms with E-state index < -0.39 is 6.43 Å². The third-order valence-corrected chi connectivity index (χ3v) is 2.99. The molecule has 1 aromatic carbocycles. The van der Waals surface area contributed by atoms with E-state index in [2.05, 4.69) is 10.3 Å². The fourth-order valence-electron chi connectivity index (χ4n) is 1.14. The van der Waals surface area contributed by atoms with Gasteiger partial charge in [0, 0.05) is 5.02 Å². The van der Waals surface area contributed by atoms with E-state index in [1.807, 2.05) is 6.07 Å². The van der Waals surface area contributed by atoms with Crippen molar-refractivity contribution in [1.29, 1.82) is 0 Å². The molecule has 1 N–H and O–H groups in total. The summed E-state index contributed by atoms with van der Waals surface area (Å²) in [6.07, 6.45) is -2.37. The molecule has 0 bridgehead atoms. The zero-order valence-corrected chi connectivity index (χ0v) is 9.08. The fourth-order valence-corrected chi connectivity index (χ4v) is 2.16. The van der Waals surface area contributed by atoms with Gasteiger partial charge in [-0.1, -0.05) is 22.9 Å². The second-order valence-corrected chi connectivity index (χ2v) is 4.37. The Morgan fingerprint density at radius 2 is 2.27 bits per heavy atom. The molecule has 15 heavy (non-hydrogen) atoms. The normalized spacial score (nSPS) is 11.2. The van der Waals surface area contributed by atoms with Gasteiger partial charge in [-0.3, -0.25) is 0 Å². The quantitative estimate of drug-likeness (QED) is 0.897. The minimum Gasteiger partial charge on any atom is -0.356 e. The van der Waals surface area contributed by atoms with Crippen molar-refractivity contribution in [2.45, 2.75) is 6.43 Å². The molecule has 2 rings (SSSR count). The monoisotopic (exact) mass is 248 g/mol. The van der Waals surface area contributed by atoms with E-state index in [1.54, 1.807) is 12.1 Å². The SMILES string of the molecule is FC(F)CNc1nc2cc(Cl)ccc2s1. The van der Waals surface area contributed by atoms with Crippen LogP contribution >= 0.6 is 22.9 Å². The topological polar surface area (TPSA) is 24.9 Å². The maximum atomic E-state index is 11.9. The van der Waals surface area contributed by atoms with Gasteiger partial charge in [0.1, 0.15) is 0 Å². The number of rotatable bonds is 3. The van der Waals surface area contributed by atoms with Crippen molar-refractivity contribution < 1.29 is 8.78 Å². The number of alkyl halides is 2. The van der Waals surface area contributed by atoms with Crippen molar-refractivity contribution in [1.82, 2.24) is 4.98 Å². The maximum Gasteiger partial charge on any atom is 0.255 e. The fraction of sp³-hybridized carbons (Fsp3) is 0.222. The lowest BCUT2D eigenvalue weighted by Gasteiger charge is -1.98. The Kier molecular flexibility index (Phi) is 3.02. The van der Waals surface area contributed by atoms with Gasteiger partial charge in [0.25, 0.3) is 6.43 Å². The minimum absolute atomic E-state index is 0.381. The highest BCUT2D eigenvalue weighted by molar-refractivity contribution is 7.22. The van der Waals surface area contributed by atoms with E-state index >= 15 is 0 Å². The molecule has 0 unspecified atom stereocenters. The van der Waals surface area contributed by atoms with Crippen molar-refractivity contribution in [3.63, 3.8) is 0 Å². The summed E-state index contributed by atoms with van der Waals surface area (Å²) in [6.45, 7) is -0.381. The first-order chi connectivity index (χ1) is 7.15. The number of benzene rings is 1. The molecule has 80 valence electrons. The predicted molar refractivity (Wildman–Crippen MR) is 59.1 cm³/mol. The van der Waals surface area contributed by atoms with Gasteiger partial charge in [-0.25, -0.2) is 13.8 Å². The highest BCUT2D eigenvalue weighted by Crippen LogP contribution is 2.27. The molecule has 0 spiro atoms. The molecule has 0 aliphatic heterocycles. The van der Waals surface area contributed by atoms with Crippen molar-refractivity contribution in [2.24, 2.45) is 0 Å². The summed E-state index contributed by atoms with van der Waals surface area (Å²) in [5.41, 5.74) is 0.726. The van der Waals surface area contributed by atoms with E-state index in [-0.39, 0.29) is 6.54 Å². The molecular weight excluding hydrogens is 242 g/mol. The van der Waals surface area contributed by atoms with E-state index in [1.165, 1.54) is 11.3 Å². The molecule has 6 heteroatoms. The van der Waals surface area contributed by atoms with Crippen LogP contribution in [0.3, 0.4) is 0 Å². The Hall–Kier alpha value is -0.940. The van der Waals surface area contributed by atoms with Crippen LogP contribution in [0.5, 0.6) is 0 Å². The van der Waals surface area contributed by atoms with Crippen LogP contribution in [0.1, 0.15) is 0 Å². The summed E-state index contributed by atoms with van der Waals surface area (Å²) in [5, 5.41) is 3.65. The van der Waals surface area contributed by atoms with Gasteiger partial charge in [0.05, 0.1) is 16.8 Å². The minimum atomic E-state index is -2.37. The zero-order valence-electron chi connectivity index (χ0n) is 7.51. The van der Waals surface area contributed by atoms with Crippen molar-refractivity contribution in [3.8, 4) is 0 Å². The number of halogens is 3. The number of hydrogen-bond acceptors (Lipinski definition) is 3. The summed E-state index contributed by atoms with van der Waals surface area (Å²) in [6, 6.07) is 5.28. The van der Waals surface area contributed by atoms with Crippen LogP contribution in [0.25, 0.3) is 10.2 Å². The Morgan fingerprint density at radius 1 is 1.47 bits per heavy atom. The Labute approximate surface area is 93.9 Å². The lowest BCUT2D eigenvalue weighted by molar-refractivity contribution is 0.163. The zero-order chi connectivity index (χ0) is 10.8. The summed E-state index contributed by atoms with van der Waals surface area (Å²) >= 11 is 7.11. The maximum absolute atomic E-state index is 11.9. The predicted octanol–water partition coefficient (Wildman–Crippen LogP) is 3.63. The Balaban J connectivity index is 2.23. The highest BCUT2D eigenvalue weighted by Gasteiger charge is 2.06. The standard InChI is InChI=1S/C9H7ClF2N2S/c10-5-1-2-7-6(3-5)14-9(15-7)13-4-8(11)12/h1-3,8H,4H2,(H,13,14). The van der Waals surface area contributed by atoms with E-state index in [9.17, 15) is 8.78 Å². The van der Waals surface area contributed by atoms with Crippen LogP contribution < -0.4 is 5.32 Å². The molecule has 0 aliphatic carbocycles. The Morgan fingerprint density at radius 3 is 3.00 bits per heavy atom. The van der Waals surface area contributed by atoms with Gasteiger partial charge in [-0.2, -0.15) is 0 Å². The van der Waals surface area contributed by atoms with Gasteiger partial charge in [0.15, 0.2) is 5.13 Å². The summed E-state index contributed by atoms with van der Waals surface area (Å²) in [4.78, 5) is 4.14. The van der Waals surface area contributed by atoms with Crippen LogP contribution in [0.4, 0.5) is 13.9 Å². The van der Waals surface area contributed by atoms with Crippen molar-refractivity contribution in [2.75, 3.05) is 11.9 Å². The highest BCUT2D eigenvalue weighted by atomic mass is 35.5. The van der Waals surface area contributed by atoms with Crippen molar-refractivity contribution in [3.05, 3.63) is 23.2 Å². The van der Waals surface area contributed by atoms with Crippen LogP contribution in [0.2, 0.25) is 5.02 Å². The summed E-state index contributed by atoms with van der Waals surface area (Å²) in [5.74, 6) is 0. The lowest BCUT2D eigenvalue weighted by atomic mass is 10.3. The molecule has 0 radical (unpaired) electrons. The van der Waals surface area contributed by atoms with Gasteiger partial charge < -0.3 is 5.32 Å². The number of fused-ring (bicyclic) bond motifs is 1. The number of hydrogen-bond donors (Lipinski definition) is 1. The molecule has 0 saturated heterocycles. The molecule has 0 atom stereocenters. The van der Waals surface area contributed by atoms with E-state index in [0.717, 1.165) is 10.2 Å². The Bertz CT molecular complexity index is 472. The lowest BCUT2D eigenvalue weighted by Crippen LogP contribution is -2.09. The average Bonchev–Trinajstić information content (AvgIpc) is 2.56. The number of anilines is 1. The van der Waals surface area contributed by atoms with Crippen molar-refractivity contribution >= 4 is 38.3 Å². The number of nitrogens with one attached hydrogen (secondary N) is 1. The molecule has 1 aromatic heterocycles. The molecule has 0 saturated carbocycles. The van der Waals surface area contributed by atoms with E-state index in [0.29, 0.717) is 10.2 Å².